The number of nitrogens with zero attached hydrogens (tertiary/aromatic N) is 6. The Hall–Kier alpha value is -3.39. The van der Waals surface area contributed by atoms with Crippen LogP contribution in [0.15, 0.2) is 67.4 Å². The van der Waals surface area contributed by atoms with Crippen LogP contribution in [0.1, 0.15) is 24.2 Å². The summed E-state index contributed by atoms with van der Waals surface area (Å²) in [6.07, 6.45) is 5.18. The highest BCUT2D eigenvalue weighted by Crippen LogP contribution is 2.31. The van der Waals surface area contributed by atoms with Crippen LogP contribution in [0.4, 0.5) is 8.78 Å². The van der Waals surface area contributed by atoms with E-state index in [1.54, 1.807) is 17.1 Å². The van der Waals surface area contributed by atoms with E-state index in [2.05, 4.69) is 44.8 Å². The van der Waals surface area contributed by atoms with Gasteiger partial charge in [0.05, 0.1) is 18.8 Å². The number of hydrogen-bond acceptors (Lipinski definition) is 4. The third kappa shape index (κ3) is 4.05. The van der Waals surface area contributed by atoms with Crippen LogP contribution in [0, 0.1) is 11.6 Å². The van der Waals surface area contributed by atoms with Gasteiger partial charge in [-0.1, -0.05) is 36.4 Å². The molecule has 1 aliphatic rings. The van der Waals surface area contributed by atoms with Crippen molar-refractivity contribution in [2.75, 3.05) is 6.54 Å². The Bertz CT molecular complexity index is 1190. The highest BCUT2D eigenvalue weighted by atomic mass is 19.1. The Kier molecular flexibility index (Phi) is 5.53. The van der Waals surface area contributed by atoms with Crippen molar-refractivity contribution in [2.45, 2.75) is 38.5 Å². The second kappa shape index (κ2) is 8.63. The first-order valence-electron chi connectivity index (χ1n) is 10.7. The van der Waals surface area contributed by atoms with Gasteiger partial charge in [0.25, 0.3) is 0 Å². The van der Waals surface area contributed by atoms with E-state index in [-0.39, 0.29) is 12.0 Å². The van der Waals surface area contributed by atoms with E-state index >= 15 is 0 Å². The highest BCUT2D eigenvalue weighted by Gasteiger charge is 2.31. The van der Waals surface area contributed by atoms with Crippen LogP contribution in [-0.2, 0) is 19.6 Å². The first-order valence-corrected chi connectivity index (χ1v) is 10.7. The Labute approximate surface area is 185 Å². The smallest absolute Gasteiger partial charge is 0.137 e. The molecule has 0 N–H and O–H groups in total. The molecule has 8 heteroatoms. The fourth-order valence-electron chi connectivity index (χ4n) is 4.46. The number of aromatic nitrogens is 5. The van der Waals surface area contributed by atoms with Crippen LogP contribution < -0.4 is 0 Å². The van der Waals surface area contributed by atoms with Crippen molar-refractivity contribution >= 4 is 0 Å². The van der Waals surface area contributed by atoms with Gasteiger partial charge in [0.1, 0.15) is 30.1 Å². The maximum Gasteiger partial charge on any atom is 0.137 e. The number of rotatable bonds is 6. The molecule has 1 aliphatic heterocycles. The van der Waals surface area contributed by atoms with Gasteiger partial charge >= 0.3 is 0 Å². The summed E-state index contributed by atoms with van der Waals surface area (Å²) in [6.45, 7) is 4.81. The van der Waals surface area contributed by atoms with E-state index in [0.717, 1.165) is 36.2 Å². The molecule has 2 aromatic carbocycles. The van der Waals surface area contributed by atoms with Crippen molar-refractivity contribution in [3.8, 4) is 11.3 Å². The molecule has 0 spiro atoms. The number of halogens is 2. The van der Waals surface area contributed by atoms with E-state index in [0.29, 0.717) is 18.7 Å². The van der Waals surface area contributed by atoms with E-state index in [4.69, 9.17) is 4.98 Å². The summed E-state index contributed by atoms with van der Waals surface area (Å²) in [5.41, 5.74) is 2.53. The van der Waals surface area contributed by atoms with Crippen molar-refractivity contribution in [1.82, 2.24) is 29.2 Å². The molecule has 164 valence electrons. The van der Waals surface area contributed by atoms with Crippen molar-refractivity contribution in [3.63, 3.8) is 0 Å². The summed E-state index contributed by atoms with van der Waals surface area (Å²) in [5.74, 6) is -0.355. The standard InChI is InChI=1S/C24H24F2N6/c1-17(21(12-32-16-27-15-28-32)20-8-7-19(25)11-22(20)26)30-9-10-31-13-23(29-24(31)14-30)18-5-3-2-4-6-18/h2-8,11,13,15-17,21H,9-10,12,14H2,1H3/t17-,21?/m1/s1. The zero-order chi connectivity index (χ0) is 22.1. The monoisotopic (exact) mass is 434 g/mol. The molecule has 0 amide bonds. The number of fused-ring (bicyclic) bond motifs is 1. The van der Waals surface area contributed by atoms with Gasteiger partial charge in [0, 0.05) is 42.9 Å². The third-order valence-corrected chi connectivity index (χ3v) is 6.27. The van der Waals surface area contributed by atoms with Gasteiger partial charge in [-0.25, -0.2) is 18.7 Å². The zero-order valence-corrected chi connectivity index (χ0v) is 17.8. The van der Waals surface area contributed by atoms with Crippen LogP contribution in [0.2, 0.25) is 0 Å². The molecular weight excluding hydrogens is 410 g/mol. The van der Waals surface area contributed by atoms with Crippen molar-refractivity contribution < 1.29 is 8.78 Å². The maximum atomic E-state index is 14.8. The molecule has 5 rings (SSSR count). The summed E-state index contributed by atoms with van der Waals surface area (Å²) in [5, 5.41) is 4.20. The summed E-state index contributed by atoms with van der Waals surface area (Å²) in [7, 11) is 0. The summed E-state index contributed by atoms with van der Waals surface area (Å²) in [6, 6.07) is 13.9. The molecule has 4 aromatic rings. The van der Waals surface area contributed by atoms with Crippen molar-refractivity contribution in [2.24, 2.45) is 0 Å². The fourth-order valence-corrected chi connectivity index (χ4v) is 4.46. The van der Waals surface area contributed by atoms with Gasteiger partial charge in [0.2, 0.25) is 0 Å². The summed E-state index contributed by atoms with van der Waals surface area (Å²) >= 11 is 0. The quantitative estimate of drug-likeness (QED) is 0.458. The van der Waals surface area contributed by atoms with Gasteiger partial charge in [-0.3, -0.25) is 9.58 Å². The molecular formula is C24H24F2N6. The lowest BCUT2D eigenvalue weighted by molar-refractivity contribution is 0.134. The molecule has 0 saturated heterocycles. The van der Waals surface area contributed by atoms with Crippen LogP contribution in [0.5, 0.6) is 0 Å². The first-order chi connectivity index (χ1) is 15.6. The molecule has 0 radical (unpaired) electrons. The predicted octanol–water partition coefficient (Wildman–Crippen LogP) is 4.11. The average Bonchev–Trinajstić information content (AvgIpc) is 3.47. The second-order valence-corrected chi connectivity index (χ2v) is 8.20. The second-order valence-electron chi connectivity index (χ2n) is 8.20. The Balaban J connectivity index is 1.42. The first kappa shape index (κ1) is 20.5. The van der Waals surface area contributed by atoms with Crippen LogP contribution in [0.3, 0.4) is 0 Å². The van der Waals surface area contributed by atoms with E-state index in [1.807, 2.05) is 18.2 Å². The van der Waals surface area contributed by atoms with Gasteiger partial charge < -0.3 is 4.57 Å². The van der Waals surface area contributed by atoms with E-state index in [9.17, 15) is 8.78 Å². The molecule has 0 bridgehead atoms. The SMILES string of the molecule is C[C@H](C(Cn1cncn1)c1ccc(F)cc1F)N1CCn2cc(-c3ccccc3)nc2C1. The molecule has 6 nitrogen and oxygen atoms in total. The Morgan fingerprint density at radius 2 is 1.91 bits per heavy atom. The lowest BCUT2D eigenvalue weighted by Gasteiger charge is -2.37. The lowest BCUT2D eigenvalue weighted by Crippen LogP contribution is -2.43. The fraction of sp³-hybridized carbons (Fsp3) is 0.292. The lowest BCUT2D eigenvalue weighted by atomic mass is 9.90. The molecule has 2 aromatic heterocycles. The summed E-state index contributed by atoms with van der Waals surface area (Å²) < 4.78 is 32.2. The van der Waals surface area contributed by atoms with Crippen LogP contribution >= 0.6 is 0 Å². The number of hydrogen-bond donors (Lipinski definition) is 0. The third-order valence-electron chi connectivity index (χ3n) is 6.27. The number of imidazole rings is 1. The minimum atomic E-state index is -0.577. The normalized spacial score (nSPS) is 16.0. The molecule has 0 aliphatic carbocycles. The van der Waals surface area contributed by atoms with Crippen LogP contribution in [-0.4, -0.2) is 41.8 Å². The largest absolute Gasteiger partial charge is 0.332 e. The van der Waals surface area contributed by atoms with E-state index < -0.39 is 11.6 Å². The molecule has 2 atom stereocenters. The summed E-state index contributed by atoms with van der Waals surface area (Å²) in [4.78, 5) is 11.2. The molecule has 1 unspecified atom stereocenters. The zero-order valence-electron chi connectivity index (χ0n) is 17.8. The van der Waals surface area contributed by atoms with Gasteiger partial charge in [-0.05, 0) is 18.6 Å². The van der Waals surface area contributed by atoms with Gasteiger partial charge in [0.15, 0.2) is 0 Å². The molecule has 0 fully saturated rings. The average molecular weight is 434 g/mol. The minimum absolute atomic E-state index is 0.0233. The Morgan fingerprint density at radius 1 is 1.06 bits per heavy atom. The molecule has 32 heavy (non-hydrogen) atoms. The molecule has 3 heterocycles. The highest BCUT2D eigenvalue weighted by molar-refractivity contribution is 5.58. The van der Waals surface area contributed by atoms with E-state index in [1.165, 1.54) is 12.4 Å². The van der Waals surface area contributed by atoms with Crippen LogP contribution in [0.25, 0.3) is 11.3 Å². The number of benzene rings is 2. The minimum Gasteiger partial charge on any atom is -0.332 e. The van der Waals surface area contributed by atoms with Crippen molar-refractivity contribution in [3.05, 3.63) is 90.4 Å². The predicted molar refractivity (Wildman–Crippen MR) is 117 cm³/mol. The van der Waals surface area contributed by atoms with Crippen molar-refractivity contribution in [1.29, 1.82) is 0 Å². The van der Waals surface area contributed by atoms with Gasteiger partial charge in [-0.15, -0.1) is 0 Å². The molecule has 0 saturated carbocycles. The maximum absolute atomic E-state index is 14.8. The topological polar surface area (TPSA) is 51.8 Å². The van der Waals surface area contributed by atoms with Gasteiger partial charge in [-0.2, -0.15) is 5.10 Å². The Morgan fingerprint density at radius 3 is 2.66 bits per heavy atom.